The molecule has 1 saturated heterocycles. The zero-order valence-electron chi connectivity index (χ0n) is 18.0. The average molecular weight is 424 g/mol. The molecule has 1 aliphatic rings. The fraction of sp³-hybridized carbons (Fsp3) is 0.417. The first-order chi connectivity index (χ1) is 14.9. The van der Waals surface area contributed by atoms with Crippen molar-refractivity contribution in [3.8, 4) is 5.75 Å². The van der Waals surface area contributed by atoms with Crippen LogP contribution in [0.2, 0.25) is 0 Å². The van der Waals surface area contributed by atoms with Gasteiger partial charge in [-0.25, -0.2) is 4.79 Å². The second-order valence-electron chi connectivity index (χ2n) is 8.35. The topological polar surface area (TPSA) is 87.6 Å². The van der Waals surface area contributed by atoms with E-state index in [1.165, 1.54) is 6.92 Å². The molecule has 31 heavy (non-hydrogen) atoms. The Morgan fingerprint density at radius 1 is 1.23 bits per heavy atom. The van der Waals surface area contributed by atoms with E-state index in [1.807, 2.05) is 41.8 Å². The van der Waals surface area contributed by atoms with E-state index in [4.69, 9.17) is 4.74 Å². The van der Waals surface area contributed by atoms with Gasteiger partial charge in [-0.05, 0) is 62.6 Å². The normalized spacial score (nSPS) is 16.5. The largest absolute Gasteiger partial charge is 0.491 e. The van der Waals surface area contributed by atoms with Crippen molar-refractivity contribution < 1.29 is 14.6 Å². The van der Waals surface area contributed by atoms with Crippen LogP contribution in [0.5, 0.6) is 5.75 Å². The van der Waals surface area contributed by atoms with Gasteiger partial charge >= 0.3 is 5.69 Å². The highest BCUT2D eigenvalue weighted by Gasteiger charge is 2.24. The molecule has 1 aliphatic heterocycles. The highest BCUT2D eigenvalue weighted by molar-refractivity contribution is 5.94. The number of likely N-dealkylation sites (tertiary alicyclic amines) is 1. The summed E-state index contributed by atoms with van der Waals surface area (Å²) in [6, 6.07) is 13.3. The molecule has 1 fully saturated rings. The molecule has 7 heteroatoms. The lowest BCUT2D eigenvalue weighted by Crippen LogP contribution is -2.42. The third-order valence-electron chi connectivity index (χ3n) is 6.03. The van der Waals surface area contributed by atoms with Crippen molar-refractivity contribution in [3.63, 3.8) is 0 Å². The predicted molar refractivity (Wildman–Crippen MR) is 120 cm³/mol. The number of H-pyrrole nitrogens is 1. The van der Waals surface area contributed by atoms with Crippen LogP contribution in [0.3, 0.4) is 0 Å². The van der Waals surface area contributed by atoms with Crippen LogP contribution in [0.25, 0.3) is 11.0 Å². The first-order valence-electron chi connectivity index (χ1n) is 10.8. The number of imidazole rings is 1. The van der Waals surface area contributed by atoms with E-state index in [0.29, 0.717) is 17.9 Å². The molecule has 1 atom stereocenters. The standard InChI is InChI=1S/C24H29N3O4/c1-16-13-18(17(2)28)7-8-23(16)31-15-20(29)14-26-11-9-19(10-12-26)27-22-6-4-3-5-21(22)25-24(27)30/h3-8,13,19-20,29H,9-12,14-15H2,1-2H3,(H,25,30). The molecule has 0 aliphatic carbocycles. The quantitative estimate of drug-likeness (QED) is 0.571. The molecular formula is C24H29N3O4. The first-order valence-corrected chi connectivity index (χ1v) is 10.8. The van der Waals surface area contributed by atoms with Crippen LogP contribution in [-0.4, -0.2) is 57.7 Å². The number of aliphatic hydroxyl groups excluding tert-OH is 1. The van der Waals surface area contributed by atoms with Gasteiger partial charge in [0.05, 0.1) is 11.0 Å². The van der Waals surface area contributed by atoms with Gasteiger partial charge in [-0.15, -0.1) is 0 Å². The Bertz CT molecular complexity index is 1130. The lowest BCUT2D eigenvalue weighted by molar-refractivity contribution is 0.0557. The van der Waals surface area contributed by atoms with E-state index in [0.717, 1.165) is 42.5 Å². The molecule has 0 bridgehead atoms. The summed E-state index contributed by atoms with van der Waals surface area (Å²) in [5.41, 5.74) is 3.30. The van der Waals surface area contributed by atoms with Crippen molar-refractivity contribution in [2.75, 3.05) is 26.2 Å². The Morgan fingerprint density at radius 2 is 1.97 bits per heavy atom. The summed E-state index contributed by atoms with van der Waals surface area (Å²) in [5.74, 6) is 0.703. The fourth-order valence-electron chi connectivity index (χ4n) is 4.36. The number of para-hydroxylation sites is 2. The van der Waals surface area contributed by atoms with Gasteiger partial charge in [-0.1, -0.05) is 12.1 Å². The SMILES string of the molecule is CC(=O)c1ccc(OCC(O)CN2CCC(n3c(=O)[nH]c4ccccc43)CC2)c(C)c1. The number of fused-ring (bicyclic) bond motifs is 1. The van der Waals surface area contributed by atoms with Gasteiger partial charge in [0.25, 0.3) is 0 Å². The summed E-state index contributed by atoms with van der Waals surface area (Å²) in [4.78, 5) is 29.0. The smallest absolute Gasteiger partial charge is 0.326 e. The minimum atomic E-state index is -0.612. The van der Waals surface area contributed by atoms with Crippen LogP contribution in [-0.2, 0) is 0 Å². The fourth-order valence-corrected chi connectivity index (χ4v) is 4.36. The van der Waals surface area contributed by atoms with Crippen molar-refractivity contribution in [1.29, 1.82) is 0 Å². The maximum absolute atomic E-state index is 12.4. The number of aryl methyl sites for hydroxylation is 1. The zero-order chi connectivity index (χ0) is 22.0. The molecule has 0 spiro atoms. The Kier molecular flexibility index (Phi) is 6.25. The van der Waals surface area contributed by atoms with Crippen molar-refractivity contribution in [3.05, 3.63) is 64.1 Å². The molecule has 2 N–H and O–H groups in total. The molecule has 1 unspecified atom stereocenters. The number of aliphatic hydroxyl groups is 1. The number of hydrogen-bond donors (Lipinski definition) is 2. The van der Waals surface area contributed by atoms with Gasteiger partial charge in [0, 0.05) is 31.2 Å². The van der Waals surface area contributed by atoms with Crippen LogP contribution in [0.1, 0.15) is 41.7 Å². The Hall–Kier alpha value is -2.90. The number of benzene rings is 2. The molecule has 0 radical (unpaired) electrons. The number of nitrogens with zero attached hydrogens (tertiary/aromatic N) is 2. The van der Waals surface area contributed by atoms with Gasteiger partial charge < -0.3 is 19.7 Å². The Labute approximate surface area is 181 Å². The number of piperidine rings is 1. The minimum absolute atomic E-state index is 0.0213. The molecule has 164 valence electrons. The maximum atomic E-state index is 12.4. The summed E-state index contributed by atoms with van der Waals surface area (Å²) >= 11 is 0. The lowest BCUT2D eigenvalue weighted by atomic mass is 10.0. The number of nitrogens with one attached hydrogen (secondary N) is 1. The summed E-state index contributed by atoms with van der Waals surface area (Å²) in [7, 11) is 0. The van der Waals surface area contributed by atoms with Crippen molar-refractivity contribution in [1.82, 2.24) is 14.5 Å². The van der Waals surface area contributed by atoms with Gasteiger partial charge in [0.15, 0.2) is 5.78 Å². The highest BCUT2D eigenvalue weighted by atomic mass is 16.5. The van der Waals surface area contributed by atoms with Crippen molar-refractivity contribution >= 4 is 16.8 Å². The predicted octanol–water partition coefficient (Wildman–Crippen LogP) is 2.92. The molecule has 7 nitrogen and oxygen atoms in total. The summed E-state index contributed by atoms with van der Waals surface area (Å²) in [6.45, 7) is 5.80. The summed E-state index contributed by atoms with van der Waals surface area (Å²) < 4.78 is 7.66. The third-order valence-corrected chi connectivity index (χ3v) is 6.03. The minimum Gasteiger partial charge on any atom is -0.491 e. The monoisotopic (exact) mass is 423 g/mol. The second kappa shape index (κ2) is 9.08. The van der Waals surface area contributed by atoms with Crippen LogP contribution in [0, 0.1) is 6.92 Å². The molecule has 0 saturated carbocycles. The number of carbonyl (C=O) groups excluding carboxylic acids is 1. The number of β-amino-alcohol motifs (C(OH)–C–C–N with tert-alkyl or cyclic N) is 1. The molecular weight excluding hydrogens is 394 g/mol. The lowest BCUT2D eigenvalue weighted by Gasteiger charge is -2.33. The molecule has 2 aromatic carbocycles. The number of rotatable bonds is 7. The number of carbonyl (C=O) groups is 1. The van der Waals surface area contributed by atoms with Crippen LogP contribution >= 0.6 is 0 Å². The van der Waals surface area contributed by atoms with E-state index in [1.54, 1.807) is 12.1 Å². The number of Topliss-reactive ketones (excluding diaryl/α,β-unsaturated/α-hetero) is 1. The summed E-state index contributed by atoms with van der Waals surface area (Å²) in [6.07, 6.45) is 1.11. The van der Waals surface area contributed by atoms with Gasteiger partial charge in [0.1, 0.15) is 18.5 Å². The number of ether oxygens (including phenoxy) is 1. The number of ketones is 1. The molecule has 0 amide bonds. The van der Waals surface area contributed by atoms with E-state index in [-0.39, 0.29) is 24.1 Å². The van der Waals surface area contributed by atoms with Crippen LogP contribution in [0.4, 0.5) is 0 Å². The first kappa shape index (κ1) is 21.3. The van der Waals surface area contributed by atoms with Crippen molar-refractivity contribution in [2.45, 2.75) is 38.8 Å². The number of aromatic nitrogens is 2. The van der Waals surface area contributed by atoms with E-state index < -0.39 is 6.10 Å². The van der Waals surface area contributed by atoms with Gasteiger partial charge in [-0.2, -0.15) is 0 Å². The second-order valence-corrected chi connectivity index (χ2v) is 8.35. The van der Waals surface area contributed by atoms with Crippen LogP contribution in [0.15, 0.2) is 47.3 Å². The van der Waals surface area contributed by atoms with E-state index in [2.05, 4.69) is 9.88 Å². The number of hydrogen-bond acceptors (Lipinski definition) is 5. The van der Waals surface area contributed by atoms with Gasteiger partial charge in [0.2, 0.25) is 0 Å². The highest BCUT2D eigenvalue weighted by Crippen LogP contribution is 2.25. The molecule has 1 aromatic heterocycles. The van der Waals surface area contributed by atoms with Crippen LogP contribution < -0.4 is 10.4 Å². The van der Waals surface area contributed by atoms with Gasteiger partial charge in [-0.3, -0.25) is 9.36 Å². The Balaban J connectivity index is 1.29. The third kappa shape index (κ3) is 4.73. The van der Waals surface area contributed by atoms with Crippen molar-refractivity contribution in [2.24, 2.45) is 0 Å². The van der Waals surface area contributed by atoms with E-state index in [9.17, 15) is 14.7 Å². The molecule has 2 heterocycles. The molecule has 4 rings (SSSR count). The zero-order valence-corrected chi connectivity index (χ0v) is 18.0. The maximum Gasteiger partial charge on any atom is 0.326 e. The Morgan fingerprint density at radius 3 is 2.68 bits per heavy atom. The summed E-state index contributed by atoms with van der Waals surface area (Å²) in [5, 5.41) is 10.5. The van der Waals surface area contributed by atoms with E-state index >= 15 is 0 Å². The number of aromatic amines is 1. The molecule has 3 aromatic rings. The average Bonchev–Trinajstić information content (AvgIpc) is 3.09.